The Morgan fingerprint density at radius 1 is 0.756 bits per heavy atom. The van der Waals surface area contributed by atoms with Gasteiger partial charge in [0, 0.05) is 19.6 Å². The molecule has 0 aliphatic rings. The first kappa shape index (κ1) is 42.3. The summed E-state index contributed by atoms with van der Waals surface area (Å²) < 4.78 is 25.0. The first-order chi connectivity index (χ1) is 18.9. The Labute approximate surface area is 244 Å². The fourth-order valence-corrected chi connectivity index (χ4v) is 2.05. The molecule has 2 amide bonds. The number of hydrogen-bond donors (Lipinski definition) is 4. The normalized spacial score (nSPS) is 12.0. The smallest absolute Gasteiger partial charge is 0.408 e. The molecule has 13 nitrogen and oxygen atoms in total. The molecule has 0 aliphatic heterocycles. The highest BCUT2D eigenvalue weighted by molar-refractivity contribution is 5.81. The number of carbonyl (C=O) groups is 4. The van der Waals surface area contributed by atoms with Crippen LogP contribution < -0.4 is 10.6 Å². The van der Waals surface area contributed by atoms with Crippen LogP contribution in [0.15, 0.2) is 25.3 Å². The van der Waals surface area contributed by atoms with Crippen molar-refractivity contribution < 1.29 is 53.1 Å². The highest BCUT2D eigenvalue weighted by Crippen LogP contribution is 2.07. The Kier molecular flexibility index (Phi) is 25.4. The van der Waals surface area contributed by atoms with Gasteiger partial charge in [-0.2, -0.15) is 0 Å². The molecule has 0 saturated heterocycles. The van der Waals surface area contributed by atoms with Crippen molar-refractivity contribution in [3.63, 3.8) is 0 Å². The number of amides is 2. The summed E-state index contributed by atoms with van der Waals surface area (Å²) in [5.74, 6) is -1.59. The molecule has 0 aromatic carbocycles. The highest BCUT2D eigenvalue weighted by atomic mass is 16.6. The minimum absolute atomic E-state index is 0.205. The number of carboxylic acid groups (broad SMARTS) is 1. The molecule has 0 unspecified atom stereocenters. The van der Waals surface area contributed by atoms with Crippen molar-refractivity contribution in [2.75, 3.05) is 39.6 Å². The van der Waals surface area contributed by atoms with Crippen molar-refractivity contribution in [2.24, 2.45) is 0 Å². The van der Waals surface area contributed by atoms with Crippen molar-refractivity contribution in [1.82, 2.24) is 10.6 Å². The first-order valence-electron chi connectivity index (χ1n) is 13.3. The van der Waals surface area contributed by atoms with E-state index in [0.717, 1.165) is 0 Å². The van der Waals surface area contributed by atoms with Crippen molar-refractivity contribution in [2.45, 2.75) is 91.5 Å². The van der Waals surface area contributed by atoms with Gasteiger partial charge in [0.05, 0.1) is 26.4 Å². The van der Waals surface area contributed by atoms with Crippen LogP contribution in [0.2, 0.25) is 0 Å². The molecular weight excluding hydrogens is 540 g/mol. The number of aliphatic carboxylic acids is 1. The topological polar surface area (TPSA) is 179 Å². The number of aliphatic hydroxyl groups is 1. The van der Waals surface area contributed by atoms with E-state index in [1.807, 2.05) is 0 Å². The van der Waals surface area contributed by atoms with E-state index in [1.165, 1.54) is 6.92 Å². The molecule has 0 rings (SSSR count). The average Bonchev–Trinajstić information content (AvgIpc) is 2.82. The van der Waals surface area contributed by atoms with Crippen LogP contribution in [0.1, 0.15) is 68.2 Å². The van der Waals surface area contributed by atoms with Crippen molar-refractivity contribution in [3.05, 3.63) is 25.3 Å². The number of carbonyl (C=O) groups excluding carboxylic acids is 3. The average molecular weight is 593 g/mol. The lowest BCUT2D eigenvalue weighted by Crippen LogP contribution is -2.42. The number of carboxylic acids is 1. The Balaban J connectivity index is -0.000000587. The Hall–Kier alpha value is -3.16. The first-order valence-corrected chi connectivity index (χ1v) is 13.3. The van der Waals surface area contributed by atoms with Crippen LogP contribution in [0.25, 0.3) is 0 Å². The van der Waals surface area contributed by atoms with Gasteiger partial charge in [-0.25, -0.2) is 14.4 Å². The van der Waals surface area contributed by atoms with E-state index in [0.29, 0.717) is 39.3 Å². The quantitative estimate of drug-likeness (QED) is 0.0945. The summed E-state index contributed by atoms with van der Waals surface area (Å²) in [4.78, 5) is 44.3. The molecule has 2 atom stereocenters. The van der Waals surface area contributed by atoms with Gasteiger partial charge in [0.25, 0.3) is 0 Å². The van der Waals surface area contributed by atoms with E-state index in [9.17, 15) is 19.2 Å². The lowest BCUT2D eigenvalue weighted by atomic mass is 10.2. The van der Waals surface area contributed by atoms with Gasteiger partial charge in [-0.3, -0.25) is 4.79 Å². The second-order valence-electron chi connectivity index (χ2n) is 10.4. The summed E-state index contributed by atoms with van der Waals surface area (Å²) in [7, 11) is 0. The highest BCUT2D eigenvalue weighted by Gasteiger charge is 2.22. The molecule has 0 saturated carbocycles. The number of esters is 1. The zero-order chi connectivity index (χ0) is 32.5. The molecule has 0 fully saturated rings. The van der Waals surface area contributed by atoms with Crippen LogP contribution in [0, 0.1) is 0 Å². The summed E-state index contributed by atoms with van der Waals surface area (Å²) in [6, 6.07) is -1.69. The van der Waals surface area contributed by atoms with Crippen LogP contribution in [-0.4, -0.2) is 97.3 Å². The Morgan fingerprint density at radius 3 is 1.54 bits per heavy atom. The molecule has 4 N–H and O–H groups in total. The summed E-state index contributed by atoms with van der Waals surface area (Å²) in [6.07, 6.45) is 3.29. The van der Waals surface area contributed by atoms with E-state index in [-0.39, 0.29) is 13.2 Å². The maximum atomic E-state index is 11.6. The number of hydrogen-bond acceptors (Lipinski definition) is 10. The number of nitrogens with one attached hydrogen (secondary N) is 2. The predicted octanol–water partition coefficient (Wildman–Crippen LogP) is 3.59. The zero-order valence-electron chi connectivity index (χ0n) is 25.9. The maximum absolute atomic E-state index is 11.6. The molecule has 41 heavy (non-hydrogen) atoms. The lowest BCUT2D eigenvalue weighted by Gasteiger charge is -2.21. The zero-order valence-corrected chi connectivity index (χ0v) is 25.9. The lowest BCUT2D eigenvalue weighted by molar-refractivity contribution is -0.146. The fraction of sp³-hybridized carbons (Fsp3) is 0.714. The van der Waals surface area contributed by atoms with Crippen LogP contribution in [0.4, 0.5) is 9.59 Å². The molecule has 0 bridgehead atoms. The summed E-state index contributed by atoms with van der Waals surface area (Å²) in [5.41, 5.74) is -1.21. The molecule has 0 aliphatic carbocycles. The van der Waals surface area contributed by atoms with Crippen LogP contribution in [0.3, 0.4) is 0 Å². The minimum atomic E-state index is -1.09. The minimum Gasteiger partial charge on any atom is -0.480 e. The van der Waals surface area contributed by atoms with E-state index in [1.54, 1.807) is 60.6 Å². The van der Waals surface area contributed by atoms with Gasteiger partial charge < -0.3 is 44.5 Å². The Bertz CT molecular complexity index is 759. The second-order valence-corrected chi connectivity index (χ2v) is 10.4. The van der Waals surface area contributed by atoms with Crippen LogP contribution >= 0.6 is 0 Å². The van der Waals surface area contributed by atoms with Gasteiger partial charge in [-0.15, -0.1) is 13.2 Å². The number of alkyl carbamates (subject to hydrolysis) is 2. The van der Waals surface area contributed by atoms with Gasteiger partial charge >= 0.3 is 24.1 Å². The van der Waals surface area contributed by atoms with Crippen LogP contribution in [0.5, 0.6) is 0 Å². The number of ether oxygens (including phenoxy) is 5. The van der Waals surface area contributed by atoms with Crippen molar-refractivity contribution >= 4 is 24.1 Å². The standard InChI is InChI=1S/C14H25NO5.C8H15NO4.C6H12O2/c1-6-8-18-9-7-10-19-12(16)11(2)15-13(17)20-14(3,4)5;1-5(6(10)11)9-7(12)13-8(2,3)4;1-2-5-8-6-3-4-7/h6,11H,1,7-10H2,2-5H3,(H,15,17);5H,1-4H3,(H,9,12)(H,10,11);2,7H,1,3-6H2/t11-;5-;/m00./s1. The monoisotopic (exact) mass is 592 g/mol. The second kappa shape index (κ2) is 24.6. The third-order valence-corrected chi connectivity index (χ3v) is 3.79. The third-order valence-electron chi connectivity index (χ3n) is 3.79. The molecule has 0 heterocycles. The van der Waals surface area contributed by atoms with Crippen LogP contribution in [-0.2, 0) is 33.3 Å². The third kappa shape index (κ3) is 34.8. The van der Waals surface area contributed by atoms with Gasteiger partial charge in [0.15, 0.2) is 0 Å². The molecular formula is C28H52N2O11. The molecule has 0 spiro atoms. The SMILES string of the molecule is C=CCOCCCO.C=CCOCCCOC(=O)[C@H](C)NC(=O)OC(C)(C)C.C[C@H](NC(=O)OC(C)(C)C)C(=O)O. The van der Waals surface area contributed by atoms with Crippen molar-refractivity contribution in [3.8, 4) is 0 Å². The molecule has 0 radical (unpaired) electrons. The van der Waals surface area contributed by atoms with Crippen molar-refractivity contribution in [1.29, 1.82) is 0 Å². The van der Waals surface area contributed by atoms with Gasteiger partial charge in [-0.1, -0.05) is 12.2 Å². The summed E-state index contributed by atoms with van der Waals surface area (Å²) >= 11 is 0. The predicted molar refractivity (Wildman–Crippen MR) is 155 cm³/mol. The van der Waals surface area contributed by atoms with Gasteiger partial charge in [-0.05, 0) is 61.8 Å². The van der Waals surface area contributed by atoms with Gasteiger partial charge in [0.1, 0.15) is 23.3 Å². The molecule has 13 heteroatoms. The summed E-state index contributed by atoms with van der Waals surface area (Å²) in [6.45, 7) is 22.9. The van der Waals surface area contributed by atoms with E-state index in [2.05, 4.69) is 23.8 Å². The molecule has 0 aromatic heterocycles. The number of rotatable bonds is 15. The maximum Gasteiger partial charge on any atom is 0.408 e. The summed E-state index contributed by atoms with van der Waals surface area (Å²) in [5, 5.41) is 21.3. The molecule has 240 valence electrons. The van der Waals surface area contributed by atoms with E-state index in [4.69, 9.17) is 33.9 Å². The van der Waals surface area contributed by atoms with Gasteiger partial charge in [0.2, 0.25) is 0 Å². The Morgan fingerprint density at radius 2 is 1.17 bits per heavy atom. The molecule has 0 aromatic rings. The number of aliphatic hydroxyl groups excluding tert-OH is 1. The van der Waals surface area contributed by atoms with E-state index < -0.39 is 47.4 Å². The van der Waals surface area contributed by atoms with E-state index >= 15 is 0 Å². The fourth-order valence-electron chi connectivity index (χ4n) is 2.05. The largest absolute Gasteiger partial charge is 0.480 e.